The molecule has 0 unspecified atom stereocenters. The Hall–Kier alpha value is -1.64. The van der Waals surface area contributed by atoms with Crippen molar-refractivity contribution < 1.29 is 0 Å². The molecule has 0 bridgehead atoms. The molecule has 0 aliphatic heterocycles. The molecule has 3 rings (SSSR count). The van der Waals surface area contributed by atoms with E-state index >= 15 is 0 Å². The lowest BCUT2D eigenvalue weighted by atomic mass is 10.2. The minimum atomic E-state index is 1.02. The second-order valence-electron chi connectivity index (χ2n) is 5.45. The fourth-order valence-electron chi connectivity index (χ4n) is 2.39. The molecule has 0 radical (unpaired) electrons. The van der Waals surface area contributed by atoms with Crippen molar-refractivity contribution in [3.05, 3.63) is 95.6 Å². The fourth-order valence-corrected chi connectivity index (χ4v) is 4.73. The molecule has 0 atom stereocenters. The molecule has 0 N–H and O–H groups in total. The smallest absolute Gasteiger partial charge is 0.0241 e. The lowest BCUT2D eigenvalue weighted by molar-refractivity contribution is 1.16. The minimum Gasteiger partial charge on any atom is -0.120 e. The number of hydrogen-bond acceptors (Lipinski definition) is 2. The lowest BCUT2D eigenvalue weighted by Gasteiger charge is -2.12. The highest BCUT2D eigenvalue weighted by Gasteiger charge is 2.08. The molecule has 0 fully saturated rings. The van der Waals surface area contributed by atoms with E-state index in [9.17, 15) is 0 Å². The first kappa shape index (κ1) is 16.2. The van der Waals surface area contributed by atoms with Crippen molar-refractivity contribution in [2.75, 3.05) is 0 Å². The van der Waals surface area contributed by atoms with Crippen LogP contribution in [0.4, 0.5) is 0 Å². The number of thioether (sulfide) groups is 2. The van der Waals surface area contributed by atoms with Gasteiger partial charge in [-0.25, -0.2) is 0 Å². The Bertz CT molecular complexity index is 736. The molecular weight excluding hydrogens is 316 g/mol. The van der Waals surface area contributed by atoms with Gasteiger partial charge in [0, 0.05) is 21.3 Å². The topological polar surface area (TPSA) is 0 Å². The van der Waals surface area contributed by atoms with Gasteiger partial charge < -0.3 is 0 Å². The molecule has 2 heteroatoms. The Morgan fingerprint density at radius 2 is 1.17 bits per heavy atom. The van der Waals surface area contributed by atoms with Crippen LogP contribution >= 0.6 is 23.5 Å². The van der Waals surface area contributed by atoms with Crippen LogP contribution in [0.25, 0.3) is 0 Å². The van der Waals surface area contributed by atoms with Crippen LogP contribution in [0.5, 0.6) is 0 Å². The summed E-state index contributed by atoms with van der Waals surface area (Å²) in [5.74, 6) is 2.04. The summed E-state index contributed by atoms with van der Waals surface area (Å²) in [6.45, 7) is 2.21. The first-order valence-corrected chi connectivity index (χ1v) is 9.73. The average Bonchev–Trinajstić information content (AvgIpc) is 2.61. The maximum absolute atomic E-state index is 2.24. The normalized spacial score (nSPS) is 10.7. The molecule has 0 aliphatic carbocycles. The van der Waals surface area contributed by atoms with Gasteiger partial charge in [-0.05, 0) is 29.7 Å². The summed E-state index contributed by atoms with van der Waals surface area (Å²) in [5.41, 5.74) is 4.11. The summed E-state index contributed by atoms with van der Waals surface area (Å²) in [4.78, 5) is 2.80. The molecule has 0 aromatic heterocycles. The van der Waals surface area contributed by atoms with Gasteiger partial charge in [0.05, 0.1) is 0 Å². The molecule has 0 aliphatic rings. The Balaban J connectivity index is 1.71. The number of rotatable bonds is 6. The maximum Gasteiger partial charge on any atom is 0.0241 e. The van der Waals surface area contributed by atoms with Crippen molar-refractivity contribution in [1.82, 2.24) is 0 Å². The van der Waals surface area contributed by atoms with E-state index in [0.717, 1.165) is 11.5 Å². The summed E-state index contributed by atoms with van der Waals surface area (Å²) in [7, 11) is 0. The largest absolute Gasteiger partial charge is 0.120 e. The molecule has 0 amide bonds. The molecule has 0 nitrogen and oxygen atoms in total. The third-order valence-electron chi connectivity index (χ3n) is 3.64. The third-order valence-corrected chi connectivity index (χ3v) is 6.21. The van der Waals surface area contributed by atoms with Crippen molar-refractivity contribution >= 4 is 23.5 Å². The van der Waals surface area contributed by atoms with Crippen molar-refractivity contribution in [2.24, 2.45) is 0 Å². The van der Waals surface area contributed by atoms with Gasteiger partial charge in [-0.2, -0.15) is 0 Å². The van der Waals surface area contributed by atoms with E-state index in [0.29, 0.717) is 0 Å². The third kappa shape index (κ3) is 4.66. The van der Waals surface area contributed by atoms with E-state index < -0.39 is 0 Å². The van der Waals surface area contributed by atoms with Crippen LogP contribution in [0.1, 0.15) is 16.7 Å². The van der Waals surface area contributed by atoms with Gasteiger partial charge in [0.2, 0.25) is 0 Å². The van der Waals surface area contributed by atoms with Gasteiger partial charge in [-0.3, -0.25) is 0 Å². The molecule has 0 saturated heterocycles. The van der Waals surface area contributed by atoms with Gasteiger partial charge in [0.25, 0.3) is 0 Å². The highest BCUT2D eigenvalue weighted by Crippen LogP contribution is 2.36. The Morgan fingerprint density at radius 3 is 1.78 bits per heavy atom. The van der Waals surface area contributed by atoms with Crippen molar-refractivity contribution in [2.45, 2.75) is 28.2 Å². The van der Waals surface area contributed by atoms with Crippen LogP contribution in [-0.2, 0) is 11.5 Å². The van der Waals surface area contributed by atoms with Crippen molar-refractivity contribution in [1.29, 1.82) is 0 Å². The molecule has 0 heterocycles. The van der Waals surface area contributed by atoms with E-state index in [1.54, 1.807) is 0 Å². The van der Waals surface area contributed by atoms with Crippen LogP contribution in [-0.4, -0.2) is 0 Å². The maximum atomic E-state index is 2.24. The lowest BCUT2D eigenvalue weighted by Crippen LogP contribution is -1.87. The van der Waals surface area contributed by atoms with E-state index in [1.165, 1.54) is 26.5 Å². The molecule has 3 aromatic rings. The molecule has 116 valence electrons. The van der Waals surface area contributed by atoms with Crippen LogP contribution in [0.15, 0.2) is 88.7 Å². The molecule has 23 heavy (non-hydrogen) atoms. The Kier molecular flexibility index (Phi) is 5.84. The average molecular weight is 337 g/mol. The van der Waals surface area contributed by atoms with Crippen LogP contribution in [0, 0.1) is 6.92 Å². The predicted molar refractivity (Wildman–Crippen MR) is 103 cm³/mol. The molecule has 0 saturated carbocycles. The second-order valence-corrected chi connectivity index (χ2v) is 7.45. The standard InChI is InChI=1S/C21H20S2/c1-17-9-8-14-20(22-15-18-10-4-2-5-11-18)21(17)23-16-19-12-6-3-7-13-19/h2-14H,15-16H2,1H3. The summed E-state index contributed by atoms with van der Waals surface area (Å²) in [5, 5.41) is 0. The SMILES string of the molecule is Cc1cccc(SCc2ccccc2)c1SCc1ccccc1. The number of aryl methyl sites for hydroxylation is 1. The van der Waals surface area contributed by atoms with Gasteiger partial charge in [-0.15, -0.1) is 23.5 Å². The van der Waals surface area contributed by atoms with Gasteiger partial charge in [0.15, 0.2) is 0 Å². The van der Waals surface area contributed by atoms with Gasteiger partial charge in [-0.1, -0.05) is 72.8 Å². The van der Waals surface area contributed by atoms with Crippen molar-refractivity contribution in [3.8, 4) is 0 Å². The summed E-state index contributed by atoms with van der Waals surface area (Å²) < 4.78 is 0. The van der Waals surface area contributed by atoms with Gasteiger partial charge in [0.1, 0.15) is 0 Å². The van der Waals surface area contributed by atoms with Crippen molar-refractivity contribution in [3.63, 3.8) is 0 Å². The Morgan fingerprint density at radius 1 is 0.609 bits per heavy atom. The summed E-state index contributed by atoms with van der Waals surface area (Å²) in [6.07, 6.45) is 0. The van der Waals surface area contributed by atoms with E-state index in [4.69, 9.17) is 0 Å². The molecular formula is C21H20S2. The summed E-state index contributed by atoms with van der Waals surface area (Å²) >= 11 is 3.87. The monoisotopic (exact) mass is 336 g/mol. The minimum absolute atomic E-state index is 1.02. The van der Waals surface area contributed by atoms with Gasteiger partial charge >= 0.3 is 0 Å². The van der Waals surface area contributed by atoms with Crippen LogP contribution in [0.3, 0.4) is 0 Å². The van der Waals surface area contributed by atoms with E-state index in [1.807, 2.05) is 23.5 Å². The highest BCUT2D eigenvalue weighted by molar-refractivity contribution is 8.01. The second kappa shape index (κ2) is 8.28. The van der Waals surface area contributed by atoms with Crippen LogP contribution in [0.2, 0.25) is 0 Å². The first-order chi connectivity index (χ1) is 11.3. The highest BCUT2D eigenvalue weighted by atomic mass is 32.2. The Labute approximate surface area is 147 Å². The quantitative estimate of drug-likeness (QED) is 0.466. The first-order valence-electron chi connectivity index (χ1n) is 7.76. The number of hydrogen-bond donors (Lipinski definition) is 0. The molecule has 3 aromatic carbocycles. The zero-order chi connectivity index (χ0) is 15.9. The molecule has 0 spiro atoms. The van der Waals surface area contributed by atoms with E-state index in [2.05, 4.69) is 85.8 Å². The fraction of sp³-hybridized carbons (Fsp3) is 0.143. The zero-order valence-corrected chi connectivity index (χ0v) is 14.9. The predicted octanol–water partition coefficient (Wildman–Crippen LogP) is 6.58. The zero-order valence-electron chi connectivity index (χ0n) is 13.2. The number of benzene rings is 3. The van der Waals surface area contributed by atoms with Crippen LogP contribution < -0.4 is 0 Å². The van der Waals surface area contributed by atoms with E-state index in [-0.39, 0.29) is 0 Å². The summed E-state index contributed by atoms with van der Waals surface area (Å²) in [6, 6.07) is 28.0.